The lowest BCUT2D eigenvalue weighted by molar-refractivity contribution is -0.0477. The first-order chi connectivity index (χ1) is 18.9. The Balaban J connectivity index is 2.04. The summed E-state index contributed by atoms with van der Waals surface area (Å²) in [4.78, 5) is 22.5. The molecule has 1 N–H and O–H groups in total. The first kappa shape index (κ1) is 30.3. The van der Waals surface area contributed by atoms with E-state index in [9.17, 15) is 44.3 Å². The Kier molecular flexibility index (Phi) is 9.65. The maximum atomic E-state index is 14.8. The SMILES string of the molecule is N=C[C@@H](F)[C@H](OC(=O)c1ccccc1)[C@@H](COC(=O)c1ccccc1)OS(=O)(=O)c1c(F)c(F)c(F)c(F)c1F. The number of nitrogens with one attached hydrogen (secondary N) is 1. The number of hydrogen-bond donors (Lipinski definition) is 1. The van der Waals surface area contributed by atoms with Crippen LogP contribution in [-0.2, 0) is 23.8 Å². The quantitative estimate of drug-likeness (QED) is 0.0872. The van der Waals surface area contributed by atoms with Crippen molar-refractivity contribution in [3.05, 3.63) is 101 Å². The number of alkyl halides is 1. The van der Waals surface area contributed by atoms with Gasteiger partial charge in [0.25, 0.3) is 0 Å². The Bertz CT molecular complexity index is 1480. The normalized spacial score (nSPS) is 13.7. The molecule has 0 spiro atoms. The zero-order valence-electron chi connectivity index (χ0n) is 19.8. The molecule has 8 nitrogen and oxygen atoms in total. The van der Waals surface area contributed by atoms with Crippen molar-refractivity contribution in [2.24, 2.45) is 0 Å². The van der Waals surface area contributed by atoms with Crippen molar-refractivity contribution in [3.63, 3.8) is 0 Å². The average Bonchev–Trinajstić information content (AvgIpc) is 2.96. The lowest BCUT2D eigenvalue weighted by Gasteiger charge is -2.27. The van der Waals surface area contributed by atoms with Crippen LogP contribution in [0.3, 0.4) is 0 Å². The number of hydrogen-bond acceptors (Lipinski definition) is 8. The van der Waals surface area contributed by atoms with Gasteiger partial charge in [-0.1, -0.05) is 36.4 Å². The molecule has 3 rings (SSSR count). The number of rotatable bonds is 11. The fourth-order valence-corrected chi connectivity index (χ4v) is 4.42. The van der Waals surface area contributed by atoms with E-state index in [1.807, 2.05) is 0 Å². The third kappa shape index (κ3) is 6.66. The molecule has 0 unspecified atom stereocenters. The molecule has 0 radical (unpaired) electrons. The lowest BCUT2D eigenvalue weighted by Crippen LogP contribution is -2.45. The molecule has 3 aromatic carbocycles. The molecule has 0 amide bonds. The fourth-order valence-electron chi connectivity index (χ4n) is 3.21. The van der Waals surface area contributed by atoms with E-state index >= 15 is 0 Å². The highest BCUT2D eigenvalue weighted by Crippen LogP contribution is 2.30. The Morgan fingerprint density at radius 3 is 1.70 bits per heavy atom. The van der Waals surface area contributed by atoms with Gasteiger partial charge < -0.3 is 14.9 Å². The van der Waals surface area contributed by atoms with Gasteiger partial charge in [0.1, 0.15) is 6.61 Å². The van der Waals surface area contributed by atoms with Crippen molar-refractivity contribution in [1.29, 1.82) is 5.41 Å². The summed E-state index contributed by atoms with van der Waals surface area (Å²) in [6, 6.07) is 13.6. The van der Waals surface area contributed by atoms with Crippen LogP contribution in [0.1, 0.15) is 20.7 Å². The van der Waals surface area contributed by atoms with E-state index in [0.29, 0.717) is 0 Å². The van der Waals surface area contributed by atoms with Gasteiger partial charge >= 0.3 is 22.1 Å². The maximum Gasteiger partial charge on any atom is 0.338 e. The monoisotopic (exact) mass is 589 g/mol. The molecule has 40 heavy (non-hydrogen) atoms. The third-order valence-electron chi connectivity index (χ3n) is 5.15. The van der Waals surface area contributed by atoms with Gasteiger partial charge in [-0.3, -0.25) is 4.18 Å². The number of carbonyl (C=O) groups is 2. The lowest BCUT2D eigenvalue weighted by atomic mass is 10.1. The summed E-state index contributed by atoms with van der Waals surface area (Å²) < 4.78 is 124. The second-order valence-corrected chi connectivity index (χ2v) is 9.31. The van der Waals surface area contributed by atoms with E-state index in [-0.39, 0.29) is 17.3 Å². The summed E-state index contributed by atoms with van der Waals surface area (Å²) in [5.41, 5.74) is -0.280. The standard InChI is InChI=1S/C25H17F6NO7S/c26-15(11-32)22(38-25(34)14-9-5-2-6-10-14)16(12-37-24(33)13-7-3-1-4-8-13)39-40(35,36)23-20(30)18(28)17(27)19(29)21(23)31/h1-11,15-16,22,32H,12H2/t15-,16-,22+/m1/s1. The smallest absolute Gasteiger partial charge is 0.338 e. The van der Waals surface area contributed by atoms with Gasteiger partial charge in [0.05, 0.1) is 11.1 Å². The van der Waals surface area contributed by atoms with Crippen molar-refractivity contribution >= 4 is 28.3 Å². The molecule has 0 aromatic heterocycles. The van der Waals surface area contributed by atoms with Gasteiger partial charge in [0.2, 0.25) is 5.82 Å². The van der Waals surface area contributed by atoms with Crippen molar-refractivity contribution in [3.8, 4) is 0 Å². The number of esters is 2. The highest BCUT2D eigenvalue weighted by atomic mass is 32.2. The Labute approximate surface area is 222 Å². The van der Waals surface area contributed by atoms with Crippen molar-refractivity contribution in [2.75, 3.05) is 6.61 Å². The van der Waals surface area contributed by atoms with Crippen LogP contribution in [0.2, 0.25) is 0 Å². The molecule has 0 saturated heterocycles. The van der Waals surface area contributed by atoms with E-state index < -0.39 is 81.0 Å². The predicted molar refractivity (Wildman–Crippen MR) is 124 cm³/mol. The topological polar surface area (TPSA) is 120 Å². The number of benzene rings is 3. The molecular formula is C25H17F6NO7S. The molecular weight excluding hydrogens is 572 g/mol. The van der Waals surface area contributed by atoms with Gasteiger partial charge in [-0.25, -0.2) is 35.9 Å². The molecule has 15 heteroatoms. The van der Waals surface area contributed by atoms with Gasteiger partial charge in [0.15, 0.2) is 46.5 Å². The van der Waals surface area contributed by atoms with Crippen LogP contribution in [0.25, 0.3) is 0 Å². The molecule has 0 fully saturated rings. The van der Waals surface area contributed by atoms with Crippen LogP contribution in [0, 0.1) is 34.5 Å². The maximum absolute atomic E-state index is 14.8. The number of ether oxygens (including phenoxy) is 2. The number of halogens is 6. The summed E-state index contributed by atoms with van der Waals surface area (Å²) in [5.74, 6) is -15.9. The van der Waals surface area contributed by atoms with E-state index in [0.717, 1.165) is 0 Å². The first-order valence-electron chi connectivity index (χ1n) is 11.0. The second-order valence-electron chi connectivity index (χ2n) is 7.80. The minimum atomic E-state index is -6.00. The Hall–Kier alpha value is -4.24. The number of carbonyl (C=O) groups excluding carboxylic acids is 2. The summed E-state index contributed by atoms with van der Waals surface area (Å²) in [6.07, 6.45) is -7.55. The minimum Gasteiger partial charge on any atom is -0.459 e. The zero-order chi connectivity index (χ0) is 29.6. The molecule has 0 heterocycles. The summed E-state index contributed by atoms with van der Waals surface area (Å²) in [6.45, 7) is -1.29. The summed E-state index contributed by atoms with van der Waals surface area (Å²) in [5, 5.41) is 7.21. The van der Waals surface area contributed by atoms with Crippen LogP contribution in [0.4, 0.5) is 26.3 Å². The van der Waals surface area contributed by atoms with Crippen LogP contribution >= 0.6 is 0 Å². The Morgan fingerprint density at radius 2 is 1.23 bits per heavy atom. The average molecular weight is 589 g/mol. The summed E-state index contributed by atoms with van der Waals surface area (Å²) in [7, 11) is -6.00. The summed E-state index contributed by atoms with van der Waals surface area (Å²) >= 11 is 0. The minimum absolute atomic E-state index is 0.0450. The van der Waals surface area contributed by atoms with Crippen molar-refractivity contribution in [1.82, 2.24) is 0 Å². The molecule has 0 aliphatic carbocycles. The molecule has 212 valence electrons. The van der Waals surface area contributed by atoms with Gasteiger partial charge in [0, 0.05) is 6.21 Å². The van der Waals surface area contributed by atoms with E-state index in [1.54, 1.807) is 0 Å². The van der Waals surface area contributed by atoms with E-state index in [4.69, 9.17) is 14.9 Å². The highest BCUT2D eigenvalue weighted by molar-refractivity contribution is 7.86. The van der Waals surface area contributed by atoms with Crippen molar-refractivity contribution in [2.45, 2.75) is 23.3 Å². The van der Waals surface area contributed by atoms with E-state index in [2.05, 4.69) is 4.18 Å². The predicted octanol–water partition coefficient (Wildman–Crippen LogP) is 4.53. The van der Waals surface area contributed by atoms with Gasteiger partial charge in [-0.15, -0.1) is 0 Å². The van der Waals surface area contributed by atoms with Crippen molar-refractivity contribution < 1.29 is 58.0 Å². The van der Waals surface area contributed by atoms with Crippen LogP contribution in [0.5, 0.6) is 0 Å². The van der Waals surface area contributed by atoms with Gasteiger partial charge in [-0.05, 0) is 24.3 Å². The fraction of sp³-hybridized carbons (Fsp3) is 0.160. The van der Waals surface area contributed by atoms with Crippen LogP contribution in [0.15, 0.2) is 65.6 Å². The largest absolute Gasteiger partial charge is 0.459 e. The van der Waals surface area contributed by atoms with Crippen LogP contribution in [-0.4, -0.2) is 51.6 Å². The first-order valence-corrected chi connectivity index (χ1v) is 12.4. The molecule has 0 bridgehead atoms. The Morgan fingerprint density at radius 1 is 0.775 bits per heavy atom. The molecule has 0 aliphatic rings. The van der Waals surface area contributed by atoms with E-state index in [1.165, 1.54) is 60.7 Å². The molecule has 0 aliphatic heterocycles. The van der Waals surface area contributed by atoms with Crippen LogP contribution < -0.4 is 0 Å². The molecule has 3 aromatic rings. The highest BCUT2D eigenvalue weighted by Gasteiger charge is 2.41. The third-order valence-corrected chi connectivity index (χ3v) is 6.51. The van der Waals surface area contributed by atoms with Gasteiger partial charge in [-0.2, -0.15) is 8.42 Å². The zero-order valence-corrected chi connectivity index (χ0v) is 20.6. The molecule has 3 atom stereocenters. The molecule has 0 saturated carbocycles. The second kappa shape index (κ2) is 12.7.